The topological polar surface area (TPSA) is 41.5 Å². The summed E-state index contributed by atoms with van der Waals surface area (Å²) in [6.07, 6.45) is 0. The van der Waals surface area contributed by atoms with Crippen molar-refractivity contribution in [3.05, 3.63) is 45.6 Å². The van der Waals surface area contributed by atoms with Crippen molar-refractivity contribution in [2.75, 3.05) is 11.9 Å². The van der Waals surface area contributed by atoms with Crippen molar-refractivity contribution in [3.8, 4) is 5.75 Å². The Morgan fingerprint density at radius 1 is 1.26 bits per heavy atom. The molecule has 1 aromatic carbocycles. The number of nitrogens with one attached hydrogen (secondary N) is 1. The number of ether oxygens (including phenoxy) is 1. The van der Waals surface area contributed by atoms with Crippen molar-refractivity contribution in [3.63, 3.8) is 0 Å². The van der Waals surface area contributed by atoms with E-state index in [1.165, 1.54) is 9.75 Å². The van der Waals surface area contributed by atoms with E-state index < -0.39 is 0 Å². The predicted molar refractivity (Wildman–Crippen MR) is 79.9 cm³/mol. The number of thiophene rings is 1. The zero-order chi connectivity index (χ0) is 13.7. The van der Waals surface area contributed by atoms with E-state index in [1.807, 2.05) is 25.1 Å². The fraction of sp³-hybridized carbons (Fsp3) is 0.333. The van der Waals surface area contributed by atoms with Gasteiger partial charge < -0.3 is 15.2 Å². The van der Waals surface area contributed by atoms with Crippen molar-refractivity contribution >= 4 is 17.0 Å². The minimum absolute atomic E-state index is 0.0109. The van der Waals surface area contributed by atoms with Gasteiger partial charge in [-0.3, -0.25) is 0 Å². The summed E-state index contributed by atoms with van der Waals surface area (Å²) in [6.45, 7) is 5.44. The molecule has 0 spiro atoms. The van der Waals surface area contributed by atoms with Gasteiger partial charge in [-0.25, -0.2) is 0 Å². The largest absolute Gasteiger partial charge is 0.494 e. The molecule has 4 heteroatoms. The molecule has 0 bridgehead atoms. The molecule has 2 N–H and O–H groups in total. The lowest BCUT2D eigenvalue weighted by Crippen LogP contribution is -2.01. The van der Waals surface area contributed by atoms with Crippen molar-refractivity contribution in [2.24, 2.45) is 0 Å². The Labute approximate surface area is 117 Å². The SMILES string of the molecule is CCOc1ccc(NCc2ccc(C)s2)cc1CO. The molecule has 1 aromatic heterocycles. The molecule has 0 unspecified atom stereocenters. The smallest absolute Gasteiger partial charge is 0.124 e. The van der Waals surface area contributed by atoms with Gasteiger partial charge in [0, 0.05) is 27.5 Å². The highest BCUT2D eigenvalue weighted by Gasteiger charge is 2.04. The Bertz CT molecular complexity index is 537. The van der Waals surface area contributed by atoms with E-state index in [0.29, 0.717) is 6.61 Å². The number of rotatable bonds is 6. The van der Waals surface area contributed by atoms with E-state index in [1.54, 1.807) is 11.3 Å². The molecular formula is C15H19NO2S. The predicted octanol–water partition coefficient (Wildman–Crippen LogP) is 3.56. The van der Waals surface area contributed by atoms with E-state index in [4.69, 9.17) is 4.74 Å². The van der Waals surface area contributed by atoms with Crippen LogP contribution in [0.3, 0.4) is 0 Å². The molecular weight excluding hydrogens is 258 g/mol. The maximum atomic E-state index is 9.35. The quantitative estimate of drug-likeness (QED) is 0.848. The van der Waals surface area contributed by atoms with E-state index in [0.717, 1.165) is 23.5 Å². The Morgan fingerprint density at radius 2 is 2.11 bits per heavy atom. The number of aliphatic hydroxyl groups excluding tert-OH is 1. The van der Waals surface area contributed by atoms with Gasteiger partial charge in [0.2, 0.25) is 0 Å². The zero-order valence-corrected chi connectivity index (χ0v) is 12.1. The molecule has 2 rings (SSSR count). The van der Waals surface area contributed by atoms with E-state index >= 15 is 0 Å². The second-order valence-electron chi connectivity index (χ2n) is 4.28. The number of aliphatic hydroxyl groups is 1. The van der Waals surface area contributed by atoms with Crippen LogP contribution in [0.15, 0.2) is 30.3 Å². The number of hydrogen-bond acceptors (Lipinski definition) is 4. The molecule has 102 valence electrons. The summed E-state index contributed by atoms with van der Waals surface area (Å²) >= 11 is 1.79. The lowest BCUT2D eigenvalue weighted by atomic mass is 10.2. The van der Waals surface area contributed by atoms with Gasteiger partial charge in [0.25, 0.3) is 0 Å². The van der Waals surface area contributed by atoms with E-state index in [9.17, 15) is 5.11 Å². The number of hydrogen-bond donors (Lipinski definition) is 2. The van der Waals surface area contributed by atoms with Crippen LogP contribution in [0.5, 0.6) is 5.75 Å². The lowest BCUT2D eigenvalue weighted by Gasteiger charge is -2.11. The first kappa shape index (κ1) is 13.9. The summed E-state index contributed by atoms with van der Waals surface area (Å²) in [6, 6.07) is 10.1. The minimum Gasteiger partial charge on any atom is -0.494 e. The fourth-order valence-corrected chi connectivity index (χ4v) is 2.71. The molecule has 2 aromatic rings. The third kappa shape index (κ3) is 3.72. The van der Waals surface area contributed by atoms with Crippen LogP contribution in [0.2, 0.25) is 0 Å². The molecule has 0 atom stereocenters. The van der Waals surface area contributed by atoms with Crippen LogP contribution < -0.4 is 10.1 Å². The second kappa shape index (κ2) is 6.59. The van der Waals surface area contributed by atoms with Crippen molar-refractivity contribution in [1.29, 1.82) is 0 Å². The highest BCUT2D eigenvalue weighted by Crippen LogP contribution is 2.24. The molecule has 19 heavy (non-hydrogen) atoms. The molecule has 0 saturated carbocycles. The summed E-state index contributed by atoms with van der Waals surface area (Å²) in [4.78, 5) is 2.62. The molecule has 0 aliphatic rings. The molecule has 3 nitrogen and oxygen atoms in total. The van der Waals surface area contributed by atoms with Gasteiger partial charge in [0.1, 0.15) is 5.75 Å². The van der Waals surface area contributed by atoms with Crippen molar-refractivity contribution in [1.82, 2.24) is 0 Å². The molecule has 0 aliphatic carbocycles. The van der Waals surface area contributed by atoms with Gasteiger partial charge in [-0.1, -0.05) is 0 Å². The first-order chi connectivity index (χ1) is 9.22. The highest BCUT2D eigenvalue weighted by atomic mass is 32.1. The van der Waals surface area contributed by atoms with Crippen LogP contribution in [0.25, 0.3) is 0 Å². The van der Waals surface area contributed by atoms with E-state index in [-0.39, 0.29) is 6.61 Å². The second-order valence-corrected chi connectivity index (χ2v) is 5.65. The highest BCUT2D eigenvalue weighted by molar-refractivity contribution is 7.11. The van der Waals surface area contributed by atoms with Gasteiger partial charge in [-0.15, -0.1) is 11.3 Å². The van der Waals surface area contributed by atoms with Crippen LogP contribution >= 0.6 is 11.3 Å². The Hall–Kier alpha value is -1.52. The average Bonchev–Trinajstić information content (AvgIpc) is 2.83. The normalized spacial score (nSPS) is 10.5. The van der Waals surface area contributed by atoms with Crippen LogP contribution in [0, 0.1) is 6.92 Å². The average molecular weight is 277 g/mol. The van der Waals surface area contributed by atoms with Gasteiger partial charge in [0.05, 0.1) is 13.2 Å². The van der Waals surface area contributed by atoms with E-state index in [2.05, 4.69) is 24.4 Å². The first-order valence-corrected chi connectivity index (χ1v) is 7.20. The van der Waals surface area contributed by atoms with Gasteiger partial charge in [-0.05, 0) is 44.2 Å². The maximum absolute atomic E-state index is 9.35. The van der Waals surface area contributed by atoms with Gasteiger partial charge in [-0.2, -0.15) is 0 Å². The third-order valence-corrected chi connectivity index (χ3v) is 3.79. The summed E-state index contributed by atoms with van der Waals surface area (Å²) in [5.74, 6) is 0.752. The number of aryl methyl sites for hydroxylation is 1. The molecule has 0 amide bonds. The first-order valence-electron chi connectivity index (χ1n) is 6.38. The van der Waals surface area contributed by atoms with Gasteiger partial charge in [0.15, 0.2) is 0 Å². The Balaban J connectivity index is 2.04. The van der Waals surface area contributed by atoms with Crippen LogP contribution in [-0.2, 0) is 13.2 Å². The third-order valence-electron chi connectivity index (χ3n) is 2.79. The van der Waals surface area contributed by atoms with Gasteiger partial charge >= 0.3 is 0 Å². The van der Waals surface area contributed by atoms with Crippen LogP contribution in [-0.4, -0.2) is 11.7 Å². The molecule has 0 saturated heterocycles. The summed E-state index contributed by atoms with van der Waals surface area (Å²) < 4.78 is 5.46. The number of anilines is 1. The summed E-state index contributed by atoms with van der Waals surface area (Å²) in [7, 11) is 0. The van der Waals surface area contributed by atoms with Crippen LogP contribution in [0.4, 0.5) is 5.69 Å². The van der Waals surface area contributed by atoms with Crippen molar-refractivity contribution in [2.45, 2.75) is 27.0 Å². The fourth-order valence-electron chi connectivity index (χ4n) is 1.88. The molecule has 0 fully saturated rings. The monoisotopic (exact) mass is 277 g/mol. The van der Waals surface area contributed by atoms with Crippen LogP contribution in [0.1, 0.15) is 22.2 Å². The Kier molecular flexibility index (Phi) is 4.82. The lowest BCUT2D eigenvalue weighted by molar-refractivity contribution is 0.267. The summed E-state index contributed by atoms with van der Waals surface area (Å²) in [5.41, 5.74) is 1.81. The minimum atomic E-state index is -0.0109. The van der Waals surface area contributed by atoms with Crippen molar-refractivity contribution < 1.29 is 9.84 Å². The maximum Gasteiger partial charge on any atom is 0.124 e. The molecule has 1 heterocycles. The zero-order valence-electron chi connectivity index (χ0n) is 11.3. The number of benzene rings is 1. The molecule has 0 radical (unpaired) electrons. The standard InChI is InChI=1S/C15H19NO2S/c1-3-18-15-7-5-13(8-12(15)10-17)16-9-14-6-4-11(2)19-14/h4-8,16-17H,3,9-10H2,1-2H3. The Morgan fingerprint density at radius 3 is 2.74 bits per heavy atom. The summed E-state index contributed by atoms with van der Waals surface area (Å²) in [5, 5.41) is 12.7. The molecule has 0 aliphatic heterocycles.